The van der Waals surface area contributed by atoms with Crippen molar-refractivity contribution in [1.82, 2.24) is 4.72 Å². The molecule has 0 amide bonds. The molecule has 1 aliphatic rings. The van der Waals surface area contributed by atoms with Gasteiger partial charge < -0.3 is 5.73 Å². The minimum Gasteiger partial charge on any atom is -0.398 e. The Morgan fingerprint density at radius 2 is 1.80 bits per heavy atom. The quantitative estimate of drug-likeness (QED) is 0.666. The van der Waals surface area contributed by atoms with Gasteiger partial charge >= 0.3 is 0 Å². The zero-order valence-corrected chi connectivity index (χ0v) is 12.5. The lowest BCUT2D eigenvalue weighted by Gasteiger charge is -2.17. The molecule has 0 aromatic heterocycles. The summed E-state index contributed by atoms with van der Waals surface area (Å²) in [5.74, 6) is -0.752. The van der Waals surface area contributed by atoms with E-state index in [1.54, 1.807) is 6.92 Å². The van der Waals surface area contributed by atoms with E-state index in [0.29, 0.717) is 5.56 Å². The topological polar surface area (TPSA) is 72.2 Å². The predicted molar refractivity (Wildman–Crippen MR) is 77.4 cm³/mol. The molecular formula is C14H21FN2O2S. The number of anilines is 1. The second-order valence-corrected chi connectivity index (χ2v) is 7.13. The lowest BCUT2D eigenvalue weighted by Crippen LogP contribution is -2.35. The molecule has 0 atom stereocenters. The van der Waals surface area contributed by atoms with E-state index in [1.807, 2.05) is 0 Å². The summed E-state index contributed by atoms with van der Waals surface area (Å²) in [6.45, 7) is 1.65. The molecule has 1 aliphatic carbocycles. The van der Waals surface area contributed by atoms with Crippen LogP contribution < -0.4 is 10.5 Å². The number of rotatable bonds is 3. The molecule has 0 aliphatic heterocycles. The van der Waals surface area contributed by atoms with E-state index in [4.69, 9.17) is 5.73 Å². The SMILES string of the molecule is Cc1cc(F)c(S(=O)(=O)NC2CCCCCC2)cc1N. The molecule has 0 spiro atoms. The number of hydrogen-bond acceptors (Lipinski definition) is 3. The summed E-state index contributed by atoms with van der Waals surface area (Å²) in [7, 11) is -3.85. The monoisotopic (exact) mass is 300 g/mol. The summed E-state index contributed by atoms with van der Waals surface area (Å²) in [6.07, 6.45) is 5.88. The van der Waals surface area contributed by atoms with Crippen molar-refractivity contribution in [2.45, 2.75) is 56.4 Å². The van der Waals surface area contributed by atoms with Gasteiger partial charge in [0.15, 0.2) is 0 Å². The molecule has 1 saturated carbocycles. The molecule has 3 N–H and O–H groups in total. The highest BCUT2D eigenvalue weighted by molar-refractivity contribution is 7.89. The summed E-state index contributed by atoms with van der Waals surface area (Å²) in [4.78, 5) is -0.357. The van der Waals surface area contributed by atoms with Crippen molar-refractivity contribution < 1.29 is 12.8 Å². The Bertz CT molecular complexity index is 579. The Labute approximate surface area is 119 Å². The summed E-state index contributed by atoms with van der Waals surface area (Å²) < 4.78 is 41.1. The molecule has 0 heterocycles. The Hall–Kier alpha value is -1.14. The molecule has 112 valence electrons. The molecular weight excluding hydrogens is 279 g/mol. The third-order valence-corrected chi connectivity index (χ3v) is 5.32. The minimum atomic E-state index is -3.85. The van der Waals surface area contributed by atoms with Crippen LogP contribution in [0.15, 0.2) is 17.0 Å². The van der Waals surface area contributed by atoms with Gasteiger partial charge in [0.05, 0.1) is 0 Å². The van der Waals surface area contributed by atoms with Crippen LogP contribution in [0.5, 0.6) is 0 Å². The second kappa shape index (κ2) is 6.10. The zero-order valence-electron chi connectivity index (χ0n) is 11.7. The summed E-state index contributed by atoms with van der Waals surface area (Å²) in [5, 5.41) is 0. The van der Waals surface area contributed by atoms with E-state index in [2.05, 4.69) is 4.72 Å². The van der Waals surface area contributed by atoms with Crippen LogP contribution in [-0.4, -0.2) is 14.5 Å². The van der Waals surface area contributed by atoms with Crippen molar-refractivity contribution in [3.05, 3.63) is 23.5 Å². The molecule has 1 fully saturated rings. The van der Waals surface area contributed by atoms with Crippen LogP contribution in [-0.2, 0) is 10.0 Å². The van der Waals surface area contributed by atoms with Crippen molar-refractivity contribution in [3.8, 4) is 0 Å². The highest BCUT2D eigenvalue weighted by Crippen LogP contribution is 2.23. The van der Waals surface area contributed by atoms with Gasteiger partial charge in [0.25, 0.3) is 0 Å². The summed E-state index contributed by atoms with van der Waals surface area (Å²) >= 11 is 0. The number of halogens is 1. The number of benzene rings is 1. The number of nitrogens with one attached hydrogen (secondary N) is 1. The summed E-state index contributed by atoms with van der Waals surface area (Å²) in [5.41, 5.74) is 6.51. The van der Waals surface area contributed by atoms with Gasteiger partial charge in [-0.15, -0.1) is 0 Å². The Morgan fingerprint density at radius 3 is 2.40 bits per heavy atom. The average molecular weight is 300 g/mol. The number of hydrogen-bond donors (Lipinski definition) is 2. The molecule has 0 unspecified atom stereocenters. The van der Waals surface area contributed by atoms with Gasteiger partial charge in [0, 0.05) is 11.7 Å². The maximum atomic E-state index is 13.9. The lowest BCUT2D eigenvalue weighted by molar-refractivity contribution is 0.503. The fourth-order valence-electron chi connectivity index (χ4n) is 2.55. The average Bonchev–Trinajstić information content (AvgIpc) is 2.61. The van der Waals surface area contributed by atoms with Crippen LogP contribution in [0.1, 0.15) is 44.1 Å². The van der Waals surface area contributed by atoms with Crippen LogP contribution in [0, 0.1) is 12.7 Å². The van der Waals surface area contributed by atoms with Crippen molar-refractivity contribution in [2.75, 3.05) is 5.73 Å². The highest BCUT2D eigenvalue weighted by Gasteiger charge is 2.24. The largest absolute Gasteiger partial charge is 0.398 e. The van der Waals surface area contributed by atoms with Gasteiger partial charge in [-0.2, -0.15) is 0 Å². The molecule has 1 aromatic carbocycles. The molecule has 1 aromatic rings. The standard InChI is InChI=1S/C14H21FN2O2S/c1-10-8-12(15)14(9-13(10)16)20(18,19)17-11-6-4-2-3-5-7-11/h8-9,11,17H,2-7,16H2,1H3. The Kier molecular flexibility index (Phi) is 4.65. The van der Waals surface area contributed by atoms with Crippen molar-refractivity contribution in [2.24, 2.45) is 0 Å². The normalized spacial score (nSPS) is 17.9. The van der Waals surface area contributed by atoms with E-state index in [1.165, 1.54) is 6.07 Å². The Morgan fingerprint density at radius 1 is 1.20 bits per heavy atom. The second-order valence-electron chi connectivity index (χ2n) is 5.45. The first kappa shape index (κ1) is 15.3. The molecule has 2 rings (SSSR count). The van der Waals surface area contributed by atoms with Crippen LogP contribution in [0.4, 0.5) is 10.1 Å². The lowest BCUT2D eigenvalue weighted by atomic mass is 10.1. The van der Waals surface area contributed by atoms with Crippen molar-refractivity contribution in [1.29, 1.82) is 0 Å². The van der Waals surface area contributed by atoms with E-state index < -0.39 is 15.8 Å². The van der Waals surface area contributed by atoms with Gasteiger partial charge in [0.2, 0.25) is 10.0 Å². The van der Waals surface area contributed by atoms with E-state index in [-0.39, 0.29) is 16.6 Å². The molecule has 20 heavy (non-hydrogen) atoms. The van der Waals surface area contributed by atoms with Gasteiger partial charge in [-0.25, -0.2) is 17.5 Å². The Balaban J connectivity index is 2.23. The van der Waals surface area contributed by atoms with E-state index in [0.717, 1.165) is 44.6 Å². The van der Waals surface area contributed by atoms with Crippen LogP contribution in [0.25, 0.3) is 0 Å². The van der Waals surface area contributed by atoms with Gasteiger partial charge in [-0.3, -0.25) is 0 Å². The summed E-state index contributed by atoms with van der Waals surface area (Å²) in [6, 6.07) is 2.25. The first-order chi connectivity index (χ1) is 9.40. The highest BCUT2D eigenvalue weighted by atomic mass is 32.2. The number of aryl methyl sites for hydroxylation is 1. The first-order valence-electron chi connectivity index (χ1n) is 6.98. The van der Waals surface area contributed by atoms with Gasteiger partial charge in [-0.05, 0) is 37.5 Å². The van der Waals surface area contributed by atoms with Crippen LogP contribution in [0.2, 0.25) is 0 Å². The maximum Gasteiger partial charge on any atom is 0.243 e. The van der Waals surface area contributed by atoms with Gasteiger partial charge in [0.1, 0.15) is 10.7 Å². The molecule has 0 saturated heterocycles. The van der Waals surface area contributed by atoms with E-state index in [9.17, 15) is 12.8 Å². The molecule has 6 heteroatoms. The minimum absolute atomic E-state index is 0.107. The van der Waals surface area contributed by atoms with Crippen molar-refractivity contribution >= 4 is 15.7 Å². The van der Waals surface area contributed by atoms with Crippen LogP contribution in [0.3, 0.4) is 0 Å². The van der Waals surface area contributed by atoms with Crippen LogP contribution >= 0.6 is 0 Å². The number of sulfonamides is 1. The number of nitrogens with two attached hydrogens (primary N) is 1. The third kappa shape index (κ3) is 3.49. The maximum absolute atomic E-state index is 13.9. The van der Waals surface area contributed by atoms with Gasteiger partial charge in [-0.1, -0.05) is 25.7 Å². The molecule has 0 radical (unpaired) electrons. The van der Waals surface area contributed by atoms with Crippen molar-refractivity contribution in [3.63, 3.8) is 0 Å². The smallest absolute Gasteiger partial charge is 0.243 e. The van der Waals surface area contributed by atoms with E-state index >= 15 is 0 Å². The molecule has 0 bridgehead atoms. The first-order valence-corrected chi connectivity index (χ1v) is 8.46. The molecule has 4 nitrogen and oxygen atoms in total. The zero-order chi connectivity index (χ0) is 14.8. The fourth-order valence-corrected chi connectivity index (χ4v) is 3.95. The number of nitrogen functional groups attached to an aromatic ring is 1. The third-order valence-electron chi connectivity index (χ3n) is 3.79. The fraction of sp³-hybridized carbons (Fsp3) is 0.571. The predicted octanol–water partition coefficient (Wildman–Crippen LogP) is 2.72.